The zero-order chi connectivity index (χ0) is 28.2. The van der Waals surface area contributed by atoms with Gasteiger partial charge >= 0.3 is 0 Å². The van der Waals surface area contributed by atoms with E-state index in [-0.39, 0.29) is 29.0 Å². The number of nitriles is 1. The van der Waals surface area contributed by atoms with Crippen LogP contribution in [-0.2, 0) is 19.6 Å². The van der Waals surface area contributed by atoms with E-state index < -0.39 is 32.2 Å². The third kappa shape index (κ3) is 6.72. The molecule has 4 rings (SSSR count). The van der Waals surface area contributed by atoms with Crippen molar-refractivity contribution in [2.45, 2.75) is 53.5 Å². The summed E-state index contributed by atoms with van der Waals surface area (Å²) in [7, 11) is -1.12. The molecule has 0 aromatic heterocycles. The summed E-state index contributed by atoms with van der Waals surface area (Å²) in [6, 6.07) is 9.61. The number of carbonyl (C=O) groups excluding carboxylic acids is 1. The van der Waals surface area contributed by atoms with Gasteiger partial charge < -0.3 is 15.0 Å². The molecule has 1 heterocycles. The van der Waals surface area contributed by atoms with Crippen molar-refractivity contribution in [3.8, 4) is 6.07 Å². The normalized spacial score (nSPS) is 18.5. The first-order valence-corrected chi connectivity index (χ1v) is 15.2. The fourth-order valence-electron chi connectivity index (χ4n) is 5.09. The second-order valence-corrected chi connectivity index (χ2v) is 12.9. The van der Waals surface area contributed by atoms with Crippen LogP contribution in [0.5, 0.6) is 0 Å². The van der Waals surface area contributed by atoms with Gasteiger partial charge in [0.1, 0.15) is 23.3 Å². The van der Waals surface area contributed by atoms with E-state index in [9.17, 15) is 22.9 Å². The molecule has 2 aromatic carbocycles. The van der Waals surface area contributed by atoms with E-state index in [1.54, 1.807) is 12.1 Å². The zero-order valence-corrected chi connectivity index (χ0v) is 23.5. The fraction of sp³-hybridized carbons (Fsp3) is 0.481. The molecule has 2 N–H and O–H groups in total. The number of carbonyl (C=O) groups is 1. The molecule has 1 amide bonds. The molecule has 8 nitrogen and oxygen atoms in total. The Morgan fingerprint density at radius 3 is 2.46 bits per heavy atom. The average Bonchev–Trinajstić information content (AvgIpc) is 2.90. The number of rotatable bonds is 10. The number of methoxy groups -OCH3 is 1. The summed E-state index contributed by atoms with van der Waals surface area (Å²) in [5.41, 5.74) is -1.54. The molecule has 12 heteroatoms. The van der Waals surface area contributed by atoms with Crippen molar-refractivity contribution in [1.82, 2.24) is 9.62 Å². The Hall–Kier alpha value is -2.72. The van der Waals surface area contributed by atoms with Gasteiger partial charge in [-0.3, -0.25) is 4.79 Å². The molecule has 1 saturated heterocycles. The molecule has 0 spiro atoms. The van der Waals surface area contributed by atoms with Gasteiger partial charge in [0.25, 0.3) is 15.9 Å². The van der Waals surface area contributed by atoms with Crippen molar-refractivity contribution >= 4 is 33.4 Å². The number of likely N-dealkylation sites (tertiary alicyclic amines) is 1. The second kappa shape index (κ2) is 12.2. The van der Waals surface area contributed by atoms with Gasteiger partial charge in [-0.15, -0.1) is 11.8 Å². The Balaban J connectivity index is 1.55. The van der Waals surface area contributed by atoms with Gasteiger partial charge in [-0.2, -0.15) is 5.26 Å². The molecular formula is C27H32F2N4O4S2. The molecule has 1 saturated carbocycles. The second-order valence-electron chi connectivity index (χ2n) is 10.1. The van der Waals surface area contributed by atoms with Gasteiger partial charge in [-0.1, -0.05) is 19.3 Å². The van der Waals surface area contributed by atoms with Crippen molar-refractivity contribution in [3.63, 3.8) is 0 Å². The Bertz CT molecular complexity index is 1340. The third-order valence-corrected chi connectivity index (χ3v) is 9.86. The van der Waals surface area contributed by atoms with Gasteiger partial charge in [0, 0.05) is 42.8 Å². The Kier molecular flexibility index (Phi) is 9.16. The number of hydrogen-bond acceptors (Lipinski definition) is 8. The van der Waals surface area contributed by atoms with Gasteiger partial charge in [-0.25, -0.2) is 21.9 Å². The SMILES string of the molecule is COC1(C(=O)NS(=O)(=O)c2cc(F)c(N[C@H](CSc3ccc(F)cc3)C3CN(C)C3)c(C#N)c2)CCCCC1. The number of nitrogens with zero attached hydrogens (tertiary/aromatic N) is 2. The summed E-state index contributed by atoms with van der Waals surface area (Å²) in [6.07, 6.45) is 3.16. The summed E-state index contributed by atoms with van der Waals surface area (Å²) in [4.78, 5) is 15.4. The van der Waals surface area contributed by atoms with E-state index in [0.29, 0.717) is 18.6 Å². The summed E-state index contributed by atoms with van der Waals surface area (Å²) in [6.45, 7) is 1.54. The van der Waals surface area contributed by atoms with Crippen LogP contribution in [0.4, 0.5) is 14.5 Å². The van der Waals surface area contributed by atoms with Crippen LogP contribution in [-0.4, -0.2) is 63.9 Å². The van der Waals surface area contributed by atoms with Crippen LogP contribution in [0.2, 0.25) is 0 Å². The lowest BCUT2D eigenvalue weighted by Crippen LogP contribution is -2.52. The molecule has 1 aliphatic carbocycles. The maximum Gasteiger partial charge on any atom is 0.265 e. The van der Waals surface area contributed by atoms with Crippen LogP contribution >= 0.6 is 11.8 Å². The zero-order valence-electron chi connectivity index (χ0n) is 21.9. The molecule has 2 fully saturated rings. The number of hydrogen-bond donors (Lipinski definition) is 2. The number of amides is 1. The summed E-state index contributed by atoms with van der Waals surface area (Å²) >= 11 is 1.48. The Morgan fingerprint density at radius 2 is 1.87 bits per heavy atom. The maximum absolute atomic E-state index is 15.4. The van der Waals surface area contributed by atoms with E-state index >= 15 is 4.39 Å². The van der Waals surface area contributed by atoms with Crippen molar-refractivity contribution in [3.05, 3.63) is 53.6 Å². The monoisotopic (exact) mass is 578 g/mol. The van der Waals surface area contributed by atoms with Crippen LogP contribution in [0.15, 0.2) is 46.2 Å². The standard InChI is InChI=1S/C27H32F2N4O4S2/c1-33-15-19(16-33)24(17-38-21-8-6-20(28)7-9-21)31-25-18(14-30)12-22(13-23(25)29)39(35,36)32-26(34)27(37-2)10-4-3-5-11-27/h6-9,12-13,19,24,31H,3-5,10-11,15-17H2,1-2H3,(H,32,34)/t24-/m1/s1. The summed E-state index contributed by atoms with van der Waals surface area (Å²) in [5.74, 6) is -1.36. The van der Waals surface area contributed by atoms with E-state index in [4.69, 9.17) is 4.74 Å². The number of nitrogens with one attached hydrogen (secondary N) is 2. The molecule has 0 unspecified atom stereocenters. The number of ether oxygens (including phenoxy) is 1. The first-order chi connectivity index (χ1) is 18.6. The quantitative estimate of drug-likeness (QED) is 0.405. The number of benzene rings is 2. The summed E-state index contributed by atoms with van der Waals surface area (Å²) < 4.78 is 62.3. The minimum absolute atomic E-state index is 0.0947. The van der Waals surface area contributed by atoms with Gasteiger partial charge in [0.05, 0.1) is 16.1 Å². The molecule has 0 bridgehead atoms. The van der Waals surface area contributed by atoms with Crippen LogP contribution in [0.25, 0.3) is 0 Å². The predicted molar refractivity (Wildman–Crippen MR) is 145 cm³/mol. The van der Waals surface area contributed by atoms with Crippen LogP contribution in [0, 0.1) is 28.9 Å². The molecule has 1 aliphatic heterocycles. The first-order valence-electron chi connectivity index (χ1n) is 12.8. The predicted octanol–water partition coefficient (Wildman–Crippen LogP) is 4.13. The van der Waals surface area contributed by atoms with Gasteiger partial charge in [0.15, 0.2) is 0 Å². The molecule has 0 radical (unpaired) electrons. The number of sulfonamides is 1. The van der Waals surface area contributed by atoms with Crippen molar-refractivity contribution < 1.29 is 26.7 Å². The van der Waals surface area contributed by atoms with E-state index in [0.717, 1.165) is 49.4 Å². The Morgan fingerprint density at radius 1 is 1.21 bits per heavy atom. The van der Waals surface area contributed by atoms with Crippen LogP contribution in [0.1, 0.15) is 37.7 Å². The molecule has 210 valence electrons. The van der Waals surface area contributed by atoms with Gasteiger partial charge in [0.2, 0.25) is 0 Å². The molecule has 1 atom stereocenters. The molecule has 39 heavy (non-hydrogen) atoms. The topological polar surface area (TPSA) is 112 Å². The minimum Gasteiger partial charge on any atom is -0.378 e. The average molecular weight is 579 g/mol. The van der Waals surface area contributed by atoms with Crippen molar-refractivity contribution in [2.75, 3.05) is 38.3 Å². The molecule has 2 aromatic rings. The van der Waals surface area contributed by atoms with Crippen molar-refractivity contribution in [2.24, 2.45) is 5.92 Å². The number of thioether (sulfide) groups is 1. The lowest BCUT2D eigenvalue weighted by molar-refractivity contribution is -0.145. The first kappa shape index (κ1) is 29.3. The lowest BCUT2D eigenvalue weighted by atomic mass is 9.84. The van der Waals surface area contributed by atoms with Gasteiger partial charge in [-0.05, 0) is 56.3 Å². The highest BCUT2D eigenvalue weighted by atomic mass is 32.2. The smallest absolute Gasteiger partial charge is 0.265 e. The van der Waals surface area contributed by atoms with Crippen LogP contribution < -0.4 is 10.0 Å². The fourth-order valence-corrected chi connectivity index (χ4v) is 7.23. The highest BCUT2D eigenvalue weighted by molar-refractivity contribution is 7.99. The lowest BCUT2D eigenvalue weighted by Gasteiger charge is -2.42. The van der Waals surface area contributed by atoms with E-state index in [1.165, 1.54) is 31.0 Å². The Labute approximate surface area is 232 Å². The van der Waals surface area contributed by atoms with E-state index in [1.807, 2.05) is 17.8 Å². The van der Waals surface area contributed by atoms with Crippen LogP contribution in [0.3, 0.4) is 0 Å². The minimum atomic E-state index is -4.46. The third-order valence-electron chi connectivity index (χ3n) is 7.42. The highest BCUT2D eigenvalue weighted by Gasteiger charge is 2.42. The summed E-state index contributed by atoms with van der Waals surface area (Å²) in [5, 5.41) is 12.9. The largest absolute Gasteiger partial charge is 0.378 e. The number of halogens is 2. The molecular weight excluding hydrogens is 546 g/mol. The number of anilines is 1. The van der Waals surface area contributed by atoms with Crippen molar-refractivity contribution in [1.29, 1.82) is 5.26 Å². The maximum atomic E-state index is 15.4. The highest BCUT2D eigenvalue weighted by Crippen LogP contribution is 2.33. The van der Waals surface area contributed by atoms with E-state index in [2.05, 4.69) is 10.2 Å². The molecule has 2 aliphatic rings.